The molecule has 5 nitrogen and oxygen atoms in total. The molecule has 0 saturated carbocycles. The van der Waals surface area contributed by atoms with Crippen molar-refractivity contribution in [2.75, 3.05) is 18.2 Å². The summed E-state index contributed by atoms with van der Waals surface area (Å²) in [5, 5.41) is 2.88. The van der Waals surface area contributed by atoms with Crippen LogP contribution in [0.15, 0.2) is 36.4 Å². The number of hydrogen-bond acceptors (Lipinski definition) is 4. The second-order valence-electron chi connectivity index (χ2n) is 5.56. The molecule has 0 aromatic heterocycles. The molecule has 0 bridgehead atoms. The lowest BCUT2D eigenvalue weighted by Gasteiger charge is -2.16. The van der Waals surface area contributed by atoms with E-state index in [0.717, 1.165) is 5.56 Å². The van der Waals surface area contributed by atoms with Gasteiger partial charge in [-0.3, -0.25) is 4.79 Å². The summed E-state index contributed by atoms with van der Waals surface area (Å²) in [6.07, 6.45) is -0.00634. The molecule has 2 aromatic carbocycles. The molecule has 0 aliphatic heterocycles. The number of aryl methyl sites for hydroxylation is 1. The van der Waals surface area contributed by atoms with Gasteiger partial charge in [-0.1, -0.05) is 6.07 Å². The quantitative estimate of drug-likeness (QED) is 0.827. The number of benzene rings is 2. The zero-order valence-electron chi connectivity index (χ0n) is 13.8. The summed E-state index contributed by atoms with van der Waals surface area (Å²) in [4.78, 5) is 12.6. The van der Waals surface area contributed by atoms with Gasteiger partial charge < -0.3 is 20.5 Å². The van der Waals surface area contributed by atoms with Crippen molar-refractivity contribution in [3.05, 3.63) is 47.5 Å². The van der Waals surface area contributed by atoms with E-state index < -0.39 is 0 Å². The van der Waals surface area contributed by atoms with Crippen LogP contribution in [-0.2, 0) is 0 Å². The van der Waals surface area contributed by atoms with Crippen LogP contribution in [0, 0.1) is 6.92 Å². The van der Waals surface area contributed by atoms with Gasteiger partial charge in [0.15, 0.2) is 0 Å². The smallest absolute Gasteiger partial charge is 0.256 e. The third-order valence-electron chi connectivity index (χ3n) is 3.30. The molecule has 1 amide bonds. The highest BCUT2D eigenvalue weighted by Crippen LogP contribution is 2.30. The van der Waals surface area contributed by atoms with E-state index in [2.05, 4.69) is 5.32 Å². The highest BCUT2D eigenvalue weighted by Gasteiger charge is 2.14. The van der Waals surface area contributed by atoms with E-state index in [1.807, 2.05) is 26.8 Å². The zero-order chi connectivity index (χ0) is 17.0. The topological polar surface area (TPSA) is 73.6 Å². The van der Waals surface area contributed by atoms with E-state index in [4.69, 9.17) is 15.2 Å². The lowest BCUT2D eigenvalue weighted by atomic mass is 10.1. The number of carbonyl (C=O) groups is 1. The fourth-order valence-electron chi connectivity index (χ4n) is 2.16. The lowest BCUT2D eigenvalue weighted by molar-refractivity contribution is 0.102. The van der Waals surface area contributed by atoms with E-state index in [-0.39, 0.29) is 12.0 Å². The van der Waals surface area contributed by atoms with Crippen molar-refractivity contribution in [2.45, 2.75) is 26.9 Å². The van der Waals surface area contributed by atoms with Gasteiger partial charge >= 0.3 is 0 Å². The monoisotopic (exact) mass is 314 g/mol. The van der Waals surface area contributed by atoms with Gasteiger partial charge in [-0.05, 0) is 50.6 Å². The molecule has 0 saturated heterocycles. The van der Waals surface area contributed by atoms with Gasteiger partial charge in [-0.15, -0.1) is 0 Å². The first kappa shape index (κ1) is 16.7. The molecule has 0 radical (unpaired) electrons. The first-order valence-corrected chi connectivity index (χ1v) is 7.43. The summed E-state index contributed by atoms with van der Waals surface area (Å²) in [5.74, 6) is 0.994. The van der Waals surface area contributed by atoms with E-state index in [9.17, 15) is 4.79 Å². The summed E-state index contributed by atoms with van der Waals surface area (Å²) in [6.45, 7) is 5.72. The van der Waals surface area contributed by atoms with Gasteiger partial charge in [-0.2, -0.15) is 0 Å². The molecule has 23 heavy (non-hydrogen) atoms. The number of anilines is 2. The Labute approximate surface area is 136 Å². The zero-order valence-corrected chi connectivity index (χ0v) is 13.8. The van der Waals surface area contributed by atoms with Crippen molar-refractivity contribution < 1.29 is 14.3 Å². The van der Waals surface area contributed by atoms with Gasteiger partial charge in [-0.25, -0.2) is 0 Å². The molecular formula is C18H22N2O3. The van der Waals surface area contributed by atoms with Crippen LogP contribution in [0.25, 0.3) is 0 Å². The van der Waals surface area contributed by atoms with Gasteiger partial charge in [0.2, 0.25) is 0 Å². The molecular weight excluding hydrogens is 292 g/mol. The molecule has 122 valence electrons. The second-order valence-corrected chi connectivity index (χ2v) is 5.56. The predicted octanol–water partition coefficient (Wildman–Crippen LogP) is 3.63. The number of nitrogens with one attached hydrogen (secondary N) is 1. The molecule has 0 aliphatic carbocycles. The van der Waals surface area contributed by atoms with Crippen LogP contribution in [0.3, 0.4) is 0 Å². The second kappa shape index (κ2) is 7.05. The number of nitrogens with two attached hydrogens (primary N) is 1. The average Bonchev–Trinajstić information content (AvgIpc) is 2.50. The van der Waals surface area contributed by atoms with Gasteiger partial charge in [0.05, 0.1) is 18.9 Å². The Morgan fingerprint density at radius 1 is 1.17 bits per heavy atom. The molecule has 0 aliphatic rings. The Bertz CT molecular complexity index is 711. The first-order valence-electron chi connectivity index (χ1n) is 7.43. The minimum Gasteiger partial charge on any atom is -0.497 e. The number of carbonyl (C=O) groups excluding carboxylic acids is 1. The number of ether oxygens (including phenoxy) is 2. The Morgan fingerprint density at radius 3 is 2.57 bits per heavy atom. The summed E-state index contributed by atoms with van der Waals surface area (Å²) in [7, 11) is 1.58. The van der Waals surface area contributed by atoms with E-state index in [1.54, 1.807) is 37.4 Å². The molecule has 0 unspecified atom stereocenters. The van der Waals surface area contributed by atoms with Crippen molar-refractivity contribution in [3.8, 4) is 11.5 Å². The maximum atomic E-state index is 12.6. The highest BCUT2D eigenvalue weighted by molar-refractivity contribution is 6.06. The average molecular weight is 314 g/mol. The number of amides is 1. The summed E-state index contributed by atoms with van der Waals surface area (Å²) in [6, 6.07) is 10.6. The molecule has 0 heterocycles. The van der Waals surface area contributed by atoms with E-state index in [0.29, 0.717) is 28.4 Å². The molecule has 2 rings (SSSR count). The Hall–Kier alpha value is -2.69. The Balaban J connectivity index is 2.33. The normalized spacial score (nSPS) is 10.5. The van der Waals surface area contributed by atoms with Crippen molar-refractivity contribution in [3.63, 3.8) is 0 Å². The van der Waals surface area contributed by atoms with Gasteiger partial charge in [0.1, 0.15) is 11.5 Å². The predicted molar refractivity (Wildman–Crippen MR) is 92.3 cm³/mol. The number of methoxy groups -OCH3 is 1. The van der Waals surface area contributed by atoms with Crippen molar-refractivity contribution in [2.24, 2.45) is 0 Å². The van der Waals surface area contributed by atoms with Crippen LogP contribution in [-0.4, -0.2) is 19.1 Å². The van der Waals surface area contributed by atoms with Crippen LogP contribution in [0.4, 0.5) is 11.4 Å². The fourth-order valence-corrected chi connectivity index (χ4v) is 2.16. The van der Waals surface area contributed by atoms with Crippen LogP contribution in [0.2, 0.25) is 0 Å². The van der Waals surface area contributed by atoms with Crippen molar-refractivity contribution >= 4 is 17.3 Å². The maximum Gasteiger partial charge on any atom is 0.256 e. The minimum absolute atomic E-state index is 0.00634. The van der Waals surface area contributed by atoms with E-state index >= 15 is 0 Å². The molecule has 0 fully saturated rings. The largest absolute Gasteiger partial charge is 0.497 e. The van der Waals surface area contributed by atoms with Crippen LogP contribution in [0.1, 0.15) is 29.8 Å². The Kier molecular flexibility index (Phi) is 5.11. The highest BCUT2D eigenvalue weighted by atomic mass is 16.5. The maximum absolute atomic E-state index is 12.6. The van der Waals surface area contributed by atoms with Crippen LogP contribution < -0.4 is 20.5 Å². The number of hydrogen-bond donors (Lipinski definition) is 2. The van der Waals surface area contributed by atoms with E-state index in [1.165, 1.54) is 0 Å². The summed E-state index contributed by atoms with van der Waals surface area (Å²) < 4.78 is 11.0. The standard InChI is InChI=1S/C18H22N2O3/c1-11(2)23-17-8-7-14(22-4)10-16(17)20-18(21)15-9-13(19)6-5-12(15)3/h5-11H,19H2,1-4H3,(H,20,21). The molecule has 2 aromatic rings. The Morgan fingerprint density at radius 2 is 1.91 bits per heavy atom. The minimum atomic E-state index is -0.239. The van der Waals surface area contributed by atoms with Crippen molar-refractivity contribution in [1.29, 1.82) is 0 Å². The van der Waals surface area contributed by atoms with Crippen LogP contribution >= 0.6 is 0 Å². The third-order valence-corrected chi connectivity index (χ3v) is 3.30. The first-order chi connectivity index (χ1) is 10.9. The molecule has 5 heteroatoms. The third kappa shape index (κ3) is 4.16. The molecule has 3 N–H and O–H groups in total. The lowest BCUT2D eigenvalue weighted by Crippen LogP contribution is -2.16. The summed E-state index contributed by atoms with van der Waals surface area (Å²) in [5.41, 5.74) is 8.27. The number of nitrogen functional groups attached to an aromatic ring is 1. The van der Waals surface area contributed by atoms with Gasteiger partial charge in [0.25, 0.3) is 5.91 Å². The summed E-state index contributed by atoms with van der Waals surface area (Å²) >= 11 is 0. The van der Waals surface area contributed by atoms with Crippen LogP contribution in [0.5, 0.6) is 11.5 Å². The van der Waals surface area contributed by atoms with Crippen molar-refractivity contribution in [1.82, 2.24) is 0 Å². The van der Waals surface area contributed by atoms with Gasteiger partial charge in [0, 0.05) is 17.3 Å². The fraction of sp³-hybridized carbons (Fsp3) is 0.278. The molecule has 0 atom stereocenters. The SMILES string of the molecule is COc1ccc(OC(C)C)c(NC(=O)c2cc(N)ccc2C)c1. The molecule has 0 spiro atoms. The number of rotatable bonds is 5.